The van der Waals surface area contributed by atoms with E-state index < -0.39 is 0 Å². The number of nitrogens with one attached hydrogen (secondary N) is 2. The van der Waals surface area contributed by atoms with Gasteiger partial charge in [-0.1, -0.05) is 24.3 Å². The molecule has 0 saturated heterocycles. The predicted molar refractivity (Wildman–Crippen MR) is 122 cm³/mol. The Morgan fingerprint density at radius 2 is 1.87 bits per heavy atom. The highest BCUT2D eigenvalue weighted by Gasteiger charge is 2.11. The Labute approximate surface area is 184 Å². The van der Waals surface area contributed by atoms with Gasteiger partial charge in [-0.25, -0.2) is 4.98 Å². The maximum Gasteiger partial charge on any atom is 0.264 e. The maximum atomic E-state index is 12.1. The topological polar surface area (TPSA) is 85.6 Å². The van der Waals surface area contributed by atoms with Crippen LogP contribution in [0.5, 0.6) is 11.5 Å². The molecular formula is C23H19N3O4S. The standard InChI is InChI=1S/C23H19N3O4S/c1-28-18-10-11-20-19(13-18)25-22(30-20)15-6-5-7-16(12-15)24-23(31)26-21(27)14-29-17-8-3-2-4-9-17/h2-13H,14H2,1H3,(H2,24,26,27,31). The molecule has 1 heterocycles. The largest absolute Gasteiger partial charge is 0.497 e. The van der Waals surface area contributed by atoms with Gasteiger partial charge in [0.1, 0.15) is 17.0 Å². The van der Waals surface area contributed by atoms with Crippen molar-refractivity contribution in [2.75, 3.05) is 19.0 Å². The second-order valence-corrected chi connectivity index (χ2v) is 6.95. The summed E-state index contributed by atoms with van der Waals surface area (Å²) in [6, 6.07) is 21.9. The SMILES string of the molecule is COc1ccc2oc(-c3cccc(NC(=S)NC(=O)COc4ccccc4)c3)nc2c1. The summed E-state index contributed by atoms with van der Waals surface area (Å²) < 4.78 is 16.5. The van der Waals surface area contributed by atoms with Gasteiger partial charge in [0.2, 0.25) is 5.89 Å². The summed E-state index contributed by atoms with van der Waals surface area (Å²) in [5.41, 5.74) is 2.82. The number of carbonyl (C=O) groups excluding carboxylic acids is 1. The number of nitrogens with zero attached hydrogens (tertiary/aromatic N) is 1. The van der Waals surface area contributed by atoms with Crippen molar-refractivity contribution in [2.24, 2.45) is 0 Å². The van der Waals surface area contributed by atoms with E-state index in [2.05, 4.69) is 15.6 Å². The molecule has 156 valence electrons. The lowest BCUT2D eigenvalue weighted by Crippen LogP contribution is -2.37. The van der Waals surface area contributed by atoms with E-state index in [0.29, 0.717) is 34.2 Å². The smallest absolute Gasteiger partial charge is 0.264 e. The van der Waals surface area contributed by atoms with Crippen LogP contribution in [0.25, 0.3) is 22.6 Å². The summed E-state index contributed by atoms with van der Waals surface area (Å²) in [4.78, 5) is 16.6. The predicted octanol–water partition coefficient (Wildman–Crippen LogP) is 4.40. The van der Waals surface area contributed by atoms with E-state index in [9.17, 15) is 4.79 Å². The highest BCUT2D eigenvalue weighted by molar-refractivity contribution is 7.80. The quantitative estimate of drug-likeness (QED) is 0.436. The van der Waals surface area contributed by atoms with E-state index in [0.717, 1.165) is 5.56 Å². The lowest BCUT2D eigenvalue weighted by Gasteiger charge is -2.11. The number of para-hydroxylation sites is 1. The third-order valence-corrected chi connectivity index (χ3v) is 4.53. The van der Waals surface area contributed by atoms with Crippen molar-refractivity contribution in [3.63, 3.8) is 0 Å². The van der Waals surface area contributed by atoms with Crippen molar-refractivity contribution in [3.05, 3.63) is 72.8 Å². The number of ether oxygens (including phenoxy) is 2. The number of benzene rings is 3. The molecule has 0 bridgehead atoms. The maximum absolute atomic E-state index is 12.1. The molecule has 0 radical (unpaired) electrons. The number of anilines is 1. The minimum absolute atomic E-state index is 0.141. The Balaban J connectivity index is 1.39. The lowest BCUT2D eigenvalue weighted by atomic mass is 10.2. The molecule has 7 nitrogen and oxygen atoms in total. The highest BCUT2D eigenvalue weighted by atomic mass is 32.1. The van der Waals surface area contributed by atoms with E-state index in [1.165, 1.54) is 0 Å². The normalized spacial score (nSPS) is 10.5. The Kier molecular flexibility index (Phi) is 6.09. The van der Waals surface area contributed by atoms with Gasteiger partial charge >= 0.3 is 0 Å². The van der Waals surface area contributed by atoms with Crippen LogP contribution in [0.4, 0.5) is 5.69 Å². The van der Waals surface area contributed by atoms with Crippen molar-refractivity contribution in [3.8, 4) is 23.0 Å². The molecule has 1 amide bonds. The van der Waals surface area contributed by atoms with Crippen LogP contribution in [0.1, 0.15) is 0 Å². The summed E-state index contributed by atoms with van der Waals surface area (Å²) in [6.07, 6.45) is 0. The summed E-state index contributed by atoms with van der Waals surface area (Å²) >= 11 is 5.23. The zero-order chi connectivity index (χ0) is 21.6. The van der Waals surface area contributed by atoms with E-state index in [1.807, 2.05) is 60.7 Å². The van der Waals surface area contributed by atoms with Crippen LogP contribution in [0.3, 0.4) is 0 Å². The molecule has 1 aromatic heterocycles. The number of thiocarbonyl (C=S) groups is 1. The van der Waals surface area contributed by atoms with Crippen LogP contribution < -0.4 is 20.1 Å². The Hall–Kier alpha value is -3.91. The molecule has 4 rings (SSSR count). The fourth-order valence-corrected chi connectivity index (χ4v) is 3.11. The lowest BCUT2D eigenvalue weighted by molar-refractivity contribution is -0.121. The molecule has 0 aliphatic carbocycles. The van der Waals surface area contributed by atoms with Gasteiger partial charge in [0, 0.05) is 17.3 Å². The molecule has 0 unspecified atom stereocenters. The summed E-state index contributed by atoms with van der Waals surface area (Å²) in [5, 5.41) is 5.75. The van der Waals surface area contributed by atoms with E-state index in [1.54, 1.807) is 19.2 Å². The minimum atomic E-state index is -0.356. The van der Waals surface area contributed by atoms with Gasteiger partial charge in [0.15, 0.2) is 17.3 Å². The monoisotopic (exact) mass is 433 g/mol. The Morgan fingerprint density at radius 3 is 2.68 bits per heavy atom. The van der Waals surface area contributed by atoms with Gasteiger partial charge in [-0.05, 0) is 54.7 Å². The number of hydrogen-bond donors (Lipinski definition) is 2. The second-order valence-electron chi connectivity index (χ2n) is 6.54. The molecule has 0 atom stereocenters. The Morgan fingerprint density at radius 1 is 1.03 bits per heavy atom. The van der Waals surface area contributed by atoms with Crippen molar-refractivity contribution in [1.29, 1.82) is 0 Å². The summed E-state index contributed by atoms with van der Waals surface area (Å²) in [5.74, 6) is 1.43. The number of methoxy groups -OCH3 is 1. The minimum Gasteiger partial charge on any atom is -0.497 e. The van der Waals surface area contributed by atoms with Gasteiger partial charge in [0.05, 0.1) is 7.11 Å². The molecule has 8 heteroatoms. The second kappa shape index (κ2) is 9.27. The molecule has 4 aromatic rings. The molecule has 2 N–H and O–H groups in total. The van der Waals surface area contributed by atoms with Crippen LogP contribution in [0, 0.1) is 0 Å². The molecule has 0 aliphatic rings. The van der Waals surface area contributed by atoms with E-state index >= 15 is 0 Å². The van der Waals surface area contributed by atoms with Gasteiger partial charge in [-0.3, -0.25) is 10.1 Å². The molecular weight excluding hydrogens is 414 g/mol. The van der Waals surface area contributed by atoms with E-state index in [-0.39, 0.29) is 17.6 Å². The zero-order valence-electron chi connectivity index (χ0n) is 16.6. The molecule has 0 fully saturated rings. The van der Waals surface area contributed by atoms with Crippen molar-refractivity contribution in [1.82, 2.24) is 10.3 Å². The average molecular weight is 433 g/mol. The highest BCUT2D eigenvalue weighted by Crippen LogP contribution is 2.28. The Bertz CT molecular complexity index is 1220. The van der Waals surface area contributed by atoms with Crippen molar-refractivity contribution < 1.29 is 18.7 Å². The number of amides is 1. The number of carbonyl (C=O) groups is 1. The fraction of sp³-hybridized carbons (Fsp3) is 0.0870. The number of aromatic nitrogens is 1. The van der Waals surface area contributed by atoms with Crippen LogP contribution in [0.2, 0.25) is 0 Å². The molecule has 0 saturated carbocycles. The number of oxazole rings is 1. The van der Waals surface area contributed by atoms with Crippen molar-refractivity contribution in [2.45, 2.75) is 0 Å². The van der Waals surface area contributed by atoms with Crippen molar-refractivity contribution >= 4 is 40.0 Å². The van der Waals surface area contributed by atoms with Crippen LogP contribution in [-0.4, -0.2) is 29.7 Å². The molecule has 3 aromatic carbocycles. The zero-order valence-corrected chi connectivity index (χ0v) is 17.4. The third kappa shape index (κ3) is 5.18. The average Bonchev–Trinajstić information content (AvgIpc) is 3.22. The number of fused-ring (bicyclic) bond motifs is 1. The van der Waals surface area contributed by atoms with Crippen LogP contribution in [0.15, 0.2) is 77.2 Å². The fourth-order valence-electron chi connectivity index (χ4n) is 2.88. The first-order valence-corrected chi connectivity index (χ1v) is 9.85. The van der Waals surface area contributed by atoms with Gasteiger partial charge < -0.3 is 19.2 Å². The van der Waals surface area contributed by atoms with Crippen LogP contribution in [-0.2, 0) is 4.79 Å². The van der Waals surface area contributed by atoms with Crippen LogP contribution >= 0.6 is 12.2 Å². The van der Waals surface area contributed by atoms with Gasteiger partial charge in [0.25, 0.3) is 5.91 Å². The summed E-state index contributed by atoms with van der Waals surface area (Å²) in [7, 11) is 1.60. The molecule has 0 spiro atoms. The van der Waals surface area contributed by atoms with Gasteiger partial charge in [-0.2, -0.15) is 0 Å². The first-order chi connectivity index (χ1) is 15.1. The third-order valence-electron chi connectivity index (χ3n) is 4.33. The first-order valence-electron chi connectivity index (χ1n) is 9.44. The molecule has 31 heavy (non-hydrogen) atoms. The number of rotatable bonds is 6. The van der Waals surface area contributed by atoms with Gasteiger partial charge in [-0.15, -0.1) is 0 Å². The van der Waals surface area contributed by atoms with E-state index in [4.69, 9.17) is 26.1 Å². The first kappa shape index (κ1) is 20.4. The summed E-state index contributed by atoms with van der Waals surface area (Å²) in [6.45, 7) is -0.141. The number of hydrogen-bond acceptors (Lipinski definition) is 6. The molecule has 0 aliphatic heterocycles.